The average Bonchev–Trinajstić information content (AvgIpc) is 2.60. The van der Waals surface area contributed by atoms with Gasteiger partial charge in [0.25, 0.3) is 11.9 Å². The third kappa shape index (κ3) is 5.14. The highest BCUT2D eigenvalue weighted by Gasteiger charge is 2.51. The summed E-state index contributed by atoms with van der Waals surface area (Å²) >= 11 is 0. The summed E-state index contributed by atoms with van der Waals surface area (Å²) in [6.07, 6.45) is 1.69. The maximum absolute atomic E-state index is 11.7. The Morgan fingerprint density at radius 1 is 0.960 bits per heavy atom. The fourth-order valence-corrected chi connectivity index (χ4v) is 4.49. The lowest BCUT2D eigenvalue weighted by atomic mass is 10.2. The summed E-state index contributed by atoms with van der Waals surface area (Å²) in [5.74, 6) is -1.15. The monoisotopic (exact) mass is 356 g/mol. The number of carbonyl (C=O) groups excluding carboxylic acids is 2. The summed E-state index contributed by atoms with van der Waals surface area (Å²) in [7, 11) is -3.75. The van der Waals surface area contributed by atoms with Gasteiger partial charge in [-0.25, -0.2) is 0 Å². The molecular weight excluding hydrogens is 336 g/mol. The molecule has 0 aliphatic rings. The Bertz CT molecular complexity index is 724. The lowest BCUT2D eigenvalue weighted by Crippen LogP contribution is -2.58. The van der Waals surface area contributed by atoms with Gasteiger partial charge >= 0.3 is 8.80 Å². The number of hydrogen-bond acceptors (Lipinski definition) is 5. The minimum atomic E-state index is -3.75. The maximum atomic E-state index is 11.7. The molecular formula is C19H20O5Si. The second kappa shape index (κ2) is 8.41. The molecule has 2 aromatic carbocycles. The van der Waals surface area contributed by atoms with Crippen molar-refractivity contribution in [1.29, 1.82) is 0 Å². The summed E-state index contributed by atoms with van der Waals surface area (Å²) in [4.78, 5) is 23.3. The second-order valence-electron chi connectivity index (χ2n) is 5.34. The van der Waals surface area contributed by atoms with Crippen LogP contribution in [-0.4, -0.2) is 20.7 Å². The molecule has 5 nitrogen and oxygen atoms in total. The Morgan fingerprint density at radius 3 is 2.00 bits per heavy atom. The summed E-state index contributed by atoms with van der Waals surface area (Å²) < 4.78 is 16.8. The zero-order valence-corrected chi connectivity index (χ0v) is 15.2. The first-order valence-corrected chi connectivity index (χ1v) is 9.47. The Balaban J connectivity index is 2.39. The maximum Gasteiger partial charge on any atom is 0.673 e. The second-order valence-corrected chi connectivity index (χ2v) is 7.73. The van der Waals surface area contributed by atoms with E-state index in [2.05, 4.69) is 6.58 Å². The molecule has 0 radical (unpaired) electrons. The highest BCUT2D eigenvalue weighted by molar-refractivity contribution is 6.77. The van der Waals surface area contributed by atoms with Crippen LogP contribution in [0.2, 0.25) is 0 Å². The van der Waals surface area contributed by atoms with Crippen molar-refractivity contribution < 1.29 is 22.9 Å². The minimum absolute atomic E-state index is 0.150. The van der Waals surface area contributed by atoms with Gasteiger partial charge in [-0.15, -0.1) is 0 Å². The Hall–Kier alpha value is -2.70. The molecule has 2 aromatic rings. The lowest BCUT2D eigenvalue weighted by Gasteiger charge is -2.27. The van der Waals surface area contributed by atoms with E-state index in [-0.39, 0.29) is 6.61 Å². The van der Waals surface area contributed by atoms with E-state index in [1.54, 1.807) is 30.3 Å². The van der Waals surface area contributed by atoms with Crippen LogP contribution in [-0.2, 0) is 29.5 Å². The van der Waals surface area contributed by atoms with Crippen LogP contribution < -0.4 is 5.19 Å². The smallest absolute Gasteiger partial charge is 0.461 e. The predicted molar refractivity (Wildman–Crippen MR) is 96.7 cm³/mol. The molecule has 6 heteroatoms. The third-order valence-electron chi connectivity index (χ3n) is 3.33. The molecule has 0 saturated carbocycles. The highest BCUT2D eigenvalue weighted by atomic mass is 28.4. The molecule has 0 unspecified atom stereocenters. The van der Waals surface area contributed by atoms with Crippen molar-refractivity contribution in [3.63, 3.8) is 0 Å². The average molecular weight is 356 g/mol. The molecule has 25 heavy (non-hydrogen) atoms. The van der Waals surface area contributed by atoms with E-state index in [0.29, 0.717) is 5.19 Å². The van der Waals surface area contributed by atoms with Crippen molar-refractivity contribution >= 4 is 32.0 Å². The topological polar surface area (TPSA) is 61.8 Å². The Labute approximate surface area is 148 Å². The van der Waals surface area contributed by atoms with Crippen molar-refractivity contribution in [3.8, 4) is 0 Å². The summed E-state index contributed by atoms with van der Waals surface area (Å²) in [5, 5.41) is 0.527. The van der Waals surface area contributed by atoms with Gasteiger partial charge in [-0.05, 0) is 11.1 Å². The highest BCUT2D eigenvalue weighted by Crippen LogP contribution is 2.16. The van der Waals surface area contributed by atoms with Crippen molar-refractivity contribution in [3.05, 3.63) is 72.3 Å². The fourth-order valence-electron chi connectivity index (χ4n) is 2.24. The van der Waals surface area contributed by atoms with Gasteiger partial charge in [-0.1, -0.05) is 67.3 Å². The molecule has 0 aromatic heterocycles. The van der Waals surface area contributed by atoms with Gasteiger partial charge in [0.2, 0.25) is 0 Å². The third-order valence-corrected chi connectivity index (χ3v) is 6.00. The molecule has 0 amide bonds. The van der Waals surface area contributed by atoms with Crippen molar-refractivity contribution in [2.45, 2.75) is 20.5 Å². The van der Waals surface area contributed by atoms with Crippen molar-refractivity contribution in [2.75, 3.05) is 0 Å². The zero-order chi connectivity index (χ0) is 18.3. The van der Waals surface area contributed by atoms with Crippen molar-refractivity contribution in [1.82, 2.24) is 0 Å². The van der Waals surface area contributed by atoms with Gasteiger partial charge in [0, 0.05) is 19.0 Å². The van der Waals surface area contributed by atoms with E-state index in [1.165, 1.54) is 13.8 Å². The molecule has 0 aliphatic carbocycles. The summed E-state index contributed by atoms with van der Waals surface area (Å²) in [5.41, 5.74) is 1.77. The Morgan fingerprint density at radius 2 is 1.52 bits per heavy atom. The molecule has 2 rings (SSSR count). The number of carbonyl (C=O) groups is 2. The van der Waals surface area contributed by atoms with Crippen LogP contribution in [0.4, 0.5) is 0 Å². The van der Waals surface area contributed by atoms with Crippen LogP contribution in [0, 0.1) is 0 Å². The molecule has 0 atom stereocenters. The fraction of sp³-hybridized carbons (Fsp3) is 0.158. The van der Waals surface area contributed by atoms with Crippen LogP contribution in [0.3, 0.4) is 0 Å². The van der Waals surface area contributed by atoms with E-state index >= 15 is 0 Å². The molecule has 0 aliphatic heterocycles. The van der Waals surface area contributed by atoms with Gasteiger partial charge in [-0.3, -0.25) is 9.59 Å². The molecule has 0 saturated heterocycles. The van der Waals surface area contributed by atoms with E-state index in [0.717, 1.165) is 11.1 Å². The molecule has 0 N–H and O–H groups in total. The molecule has 0 heterocycles. The quantitative estimate of drug-likeness (QED) is 0.714. The van der Waals surface area contributed by atoms with Crippen LogP contribution in [0.5, 0.6) is 0 Å². The minimum Gasteiger partial charge on any atom is -0.461 e. The van der Waals surface area contributed by atoms with Gasteiger partial charge in [0.05, 0.1) is 6.61 Å². The van der Waals surface area contributed by atoms with Gasteiger partial charge in [0.15, 0.2) is 0 Å². The van der Waals surface area contributed by atoms with E-state index < -0.39 is 20.7 Å². The molecule has 0 fully saturated rings. The number of hydrogen-bond donors (Lipinski definition) is 0. The zero-order valence-electron chi connectivity index (χ0n) is 14.2. The van der Waals surface area contributed by atoms with E-state index in [9.17, 15) is 9.59 Å². The predicted octanol–water partition coefficient (Wildman–Crippen LogP) is 2.82. The van der Waals surface area contributed by atoms with E-state index in [1.807, 2.05) is 30.3 Å². The Kier molecular flexibility index (Phi) is 6.27. The van der Waals surface area contributed by atoms with E-state index in [4.69, 9.17) is 13.3 Å². The molecule has 0 bridgehead atoms. The first-order chi connectivity index (χ1) is 11.9. The van der Waals surface area contributed by atoms with Crippen LogP contribution in [0.15, 0.2) is 61.2 Å². The van der Waals surface area contributed by atoms with Gasteiger partial charge in [-0.2, -0.15) is 0 Å². The summed E-state index contributed by atoms with van der Waals surface area (Å²) in [6, 6.07) is 16.4. The lowest BCUT2D eigenvalue weighted by molar-refractivity contribution is -0.142. The normalized spacial score (nSPS) is 10.8. The first-order valence-electron chi connectivity index (χ1n) is 7.75. The van der Waals surface area contributed by atoms with Crippen LogP contribution in [0.25, 0.3) is 6.08 Å². The molecule has 0 spiro atoms. The summed E-state index contributed by atoms with van der Waals surface area (Å²) in [6.45, 7) is 6.37. The largest absolute Gasteiger partial charge is 0.673 e. The number of rotatable bonds is 7. The number of benzene rings is 2. The standard InChI is InChI=1S/C19H20O5Si/c1-4-17-10-12-19(13-11-17)25(23-15(2)20,24-16(3)21)22-14-18-8-6-5-7-9-18/h4-13H,1,14H2,2-3H3. The van der Waals surface area contributed by atoms with Gasteiger partial charge in [0.1, 0.15) is 0 Å². The van der Waals surface area contributed by atoms with Crippen LogP contribution >= 0.6 is 0 Å². The van der Waals surface area contributed by atoms with Crippen molar-refractivity contribution in [2.24, 2.45) is 0 Å². The molecule has 130 valence electrons. The van der Waals surface area contributed by atoms with Crippen LogP contribution in [0.1, 0.15) is 25.0 Å². The SMILES string of the molecule is C=Cc1ccc([Si](OCc2ccccc2)(OC(C)=O)OC(C)=O)cc1. The van der Waals surface area contributed by atoms with Gasteiger partial charge < -0.3 is 13.3 Å². The first kappa shape index (κ1) is 18.6.